The molecule has 180 valence electrons. The average Bonchev–Trinajstić information content (AvgIpc) is 3.15. The van der Waals surface area contributed by atoms with Crippen molar-refractivity contribution in [1.29, 1.82) is 0 Å². The minimum atomic E-state index is -0.337. The van der Waals surface area contributed by atoms with Crippen LogP contribution in [0.3, 0.4) is 0 Å². The highest BCUT2D eigenvalue weighted by Crippen LogP contribution is 2.15. The van der Waals surface area contributed by atoms with Gasteiger partial charge in [0.25, 0.3) is 5.91 Å². The van der Waals surface area contributed by atoms with Crippen molar-refractivity contribution < 1.29 is 14.4 Å². The van der Waals surface area contributed by atoms with Gasteiger partial charge in [-0.1, -0.05) is 31.0 Å². The number of nitrogens with one attached hydrogen (secondary N) is 2. The van der Waals surface area contributed by atoms with Crippen molar-refractivity contribution >= 4 is 29.2 Å². The van der Waals surface area contributed by atoms with Gasteiger partial charge in [-0.2, -0.15) is 0 Å². The molecule has 2 aromatic rings. The van der Waals surface area contributed by atoms with E-state index in [1.165, 1.54) is 12.8 Å². The van der Waals surface area contributed by atoms with Gasteiger partial charge >= 0.3 is 6.03 Å². The van der Waals surface area contributed by atoms with E-state index in [1.54, 1.807) is 24.3 Å². The van der Waals surface area contributed by atoms with Crippen molar-refractivity contribution in [2.75, 3.05) is 56.4 Å². The summed E-state index contributed by atoms with van der Waals surface area (Å²) in [5.74, 6) is 0.180. The minimum Gasteiger partial charge on any atom is -0.342 e. The normalized spacial score (nSPS) is 17.1. The van der Waals surface area contributed by atoms with Crippen molar-refractivity contribution in [3.05, 3.63) is 60.2 Å². The summed E-state index contributed by atoms with van der Waals surface area (Å²) in [4.78, 5) is 43.7. The molecule has 2 saturated heterocycles. The monoisotopic (exact) mass is 463 g/mol. The third kappa shape index (κ3) is 6.57. The van der Waals surface area contributed by atoms with Crippen molar-refractivity contribution in [2.24, 2.45) is 0 Å². The lowest BCUT2D eigenvalue weighted by Crippen LogP contribution is -2.51. The number of carbonyl (C=O) groups excluding carboxylic acids is 3. The van der Waals surface area contributed by atoms with Crippen molar-refractivity contribution in [1.82, 2.24) is 14.7 Å². The SMILES string of the molecule is O=C(Nc1ccccc1)Nc1ccc(C(=O)N2CCN(CC(=O)N3CCCCCC3)CC2)cc1. The van der Waals surface area contributed by atoms with Crippen LogP contribution in [0.5, 0.6) is 0 Å². The van der Waals surface area contributed by atoms with Gasteiger partial charge in [0.1, 0.15) is 0 Å². The predicted octanol–water partition coefficient (Wildman–Crippen LogP) is 3.49. The summed E-state index contributed by atoms with van der Waals surface area (Å²) >= 11 is 0. The molecule has 2 N–H and O–H groups in total. The number of para-hydroxylation sites is 1. The summed E-state index contributed by atoms with van der Waals surface area (Å²) in [5.41, 5.74) is 1.91. The Morgan fingerprint density at radius 3 is 1.85 bits per heavy atom. The number of nitrogens with zero attached hydrogens (tertiary/aromatic N) is 3. The molecule has 8 heteroatoms. The third-order valence-electron chi connectivity index (χ3n) is 6.40. The van der Waals surface area contributed by atoms with E-state index in [0.29, 0.717) is 49.7 Å². The molecule has 0 unspecified atom stereocenters. The lowest BCUT2D eigenvalue weighted by Gasteiger charge is -2.35. The Kier molecular flexibility index (Phi) is 8.14. The third-order valence-corrected chi connectivity index (χ3v) is 6.40. The zero-order valence-corrected chi connectivity index (χ0v) is 19.5. The van der Waals surface area contributed by atoms with E-state index in [1.807, 2.05) is 40.1 Å². The first-order valence-corrected chi connectivity index (χ1v) is 12.1. The van der Waals surface area contributed by atoms with Gasteiger partial charge in [-0.15, -0.1) is 0 Å². The predicted molar refractivity (Wildman–Crippen MR) is 133 cm³/mol. The lowest BCUT2D eigenvalue weighted by atomic mass is 10.1. The first-order chi connectivity index (χ1) is 16.6. The quantitative estimate of drug-likeness (QED) is 0.711. The Hall–Kier alpha value is -3.39. The molecular weight excluding hydrogens is 430 g/mol. The summed E-state index contributed by atoms with van der Waals surface area (Å²) in [7, 11) is 0. The number of carbonyl (C=O) groups is 3. The zero-order valence-electron chi connectivity index (χ0n) is 19.5. The highest BCUT2D eigenvalue weighted by atomic mass is 16.2. The molecule has 4 rings (SSSR count). The van der Waals surface area contributed by atoms with E-state index in [9.17, 15) is 14.4 Å². The molecule has 2 aromatic carbocycles. The van der Waals surface area contributed by atoms with Crippen LogP contribution >= 0.6 is 0 Å². The fourth-order valence-electron chi connectivity index (χ4n) is 4.41. The number of hydrogen-bond acceptors (Lipinski definition) is 4. The van der Waals surface area contributed by atoms with E-state index in [-0.39, 0.29) is 17.8 Å². The number of likely N-dealkylation sites (tertiary alicyclic amines) is 1. The van der Waals surface area contributed by atoms with Gasteiger partial charge in [-0.05, 0) is 49.2 Å². The molecule has 0 radical (unpaired) electrons. The molecular formula is C26H33N5O3. The molecule has 0 aromatic heterocycles. The molecule has 2 fully saturated rings. The number of piperazine rings is 1. The van der Waals surface area contributed by atoms with Crippen molar-refractivity contribution in [3.8, 4) is 0 Å². The van der Waals surface area contributed by atoms with E-state index in [4.69, 9.17) is 0 Å². The molecule has 8 nitrogen and oxygen atoms in total. The topological polar surface area (TPSA) is 85.0 Å². The van der Waals surface area contributed by atoms with Crippen LogP contribution in [-0.2, 0) is 4.79 Å². The second-order valence-corrected chi connectivity index (χ2v) is 8.89. The Labute approximate surface area is 200 Å². The van der Waals surface area contributed by atoms with Crippen LogP contribution in [0, 0.1) is 0 Å². The van der Waals surface area contributed by atoms with Crippen LogP contribution in [0.4, 0.5) is 16.2 Å². The fourth-order valence-corrected chi connectivity index (χ4v) is 4.41. The first kappa shape index (κ1) is 23.8. The van der Waals surface area contributed by atoms with E-state index < -0.39 is 0 Å². The average molecular weight is 464 g/mol. The van der Waals surface area contributed by atoms with Crippen LogP contribution in [0.15, 0.2) is 54.6 Å². The van der Waals surface area contributed by atoms with Crippen LogP contribution in [0.2, 0.25) is 0 Å². The van der Waals surface area contributed by atoms with Crippen molar-refractivity contribution in [2.45, 2.75) is 25.7 Å². The van der Waals surface area contributed by atoms with Crippen LogP contribution < -0.4 is 10.6 Å². The smallest absolute Gasteiger partial charge is 0.323 e. The molecule has 0 saturated carbocycles. The molecule has 2 aliphatic rings. The molecule has 0 atom stereocenters. The van der Waals surface area contributed by atoms with Gasteiger partial charge in [0, 0.05) is 56.2 Å². The van der Waals surface area contributed by atoms with Crippen LogP contribution in [0.1, 0.15) is 36.0 Å². The molecule has 0 bridgehead atoms. The van der Waals surface area contributed by atoms with Gasteiger partial charge in [-0.25, -0.2) is 4.79 Å². The minimum absolute atomic E-state index is 0.0289. The zero-order chi connectivity index (χ0) is 23.8. The number of urea groups is 1. The Bertz CT molecular complexity index is 964. The van der Waals surface area contributed by atoms with Gasteiger partial charge in [-0.3, -0.25) is 14.5 Å². The molecule has 0 aliphatic carbocycles. The second-order valence-electron chi connectivity index (χ2n) is 8.89. The van der Waals surface area contributed by atoms with Gasteiger partial charge < -0.3 is 20.4 Å². The molecule has 34 heavy (non-hydrogen) atoms. The molecule has 2 heterocycles. The number of anilines is 2. The molecule has 0 spiro atoms. The summed E-state index contributed by atoms with van der Waals surface area (Å²) in [5, 5.41) is 5.54. The van der Waals surface area contributed by atoms with Gasteiger partial charge in [0.2, 0.25) is 5.91 Å². The summed E-state index contributed by atoms with van der Waals surface area (Å²) in [6.45, 7) is 4.78. The maximum Gasteiger partial charge on any atom is 0.323 e. The highest BCUT2D eigenvalue weighted by Gasteiger charge is 2.25. The number of benzene rings is 2. The number of hydrogen-bond donors (Lipinski definition) is 2. The molecule has 2 aliphatic heterocycles. The van der Waals surface area contributed by atoms with Crippen molar-refractivity contribution in [3.63, 3.8) is 0 Å². The first-order valence-electron chi connectivity index (χ1n) is 12.1. The van der Waals surface area contributed by atoms with Crippen LogP contribution in [0.25, 0.3) is 0 Å². The largest absolute Gasteiger partial charge is 0.342 e. The summed E-state index contributed by atoms with van der Waals surface area (Å²) in [6.07, 6.45) is 4.62. The summed E-state index contributed by atoms with van der Waals surface area (Å²) < 4.78 is 0. The Morgan fingerprint density at radius 1 is 0.647 bits per heavy atom. The lowest BCUT2D eigenvalue weighted by molar-refractivity contribution is -0.132. The van der Waals surface area contributed by atoms with E-state index in [2.05, 4.69) is 15.5 Å². The maximum atomic E-state index is 12.9. The van der Waals surface area contributed by atoms with Gasteiger partial charge in [0.15, 0.2) is 0 Å². The fraction of sp³-hybridized carbons (Fsp3) is 0.423. The molecule has 4 amide bonds. The Morgan fingerprint density at radius 2 is 1.24 bits per heavy atom. The van der Waals surface area contributed by atoms with Gasteiger partial charge in [0.05, 0.1) is 6.54 Å². The maximum absolute atomic E-state index is 12.9. The Balaban J connectivity index is 1.23. The standard InChI is InChI=1S/C26H33N5O3/c32-24(30-14-6-1-2-7-15-30)20-29-16-18-31(19-17-29)25(33)21-10-12-23(13-11-21)28-26(34)27-22-8-4-3-5-9-22/h3-5,8-13H,1-2,6-7,14-20H2,(H2,27,28,34). The second kappa shape index (κ2) is 11.7. The highest BCUT2D eigenvalue weighted by molar-refractivity contribution is 6.00. The summed E-state index contributed by atoms with van der Waals surface area (Å²) in [6, 6.07) is 15.8. The van der Waals surface area contributed by atoms with E-state index >= 15 is 0 Å². The number of rotatable bonds is 5. The van der Waals surface area contributed by atoms with Crippen LogP contribution in [-0.4, -0.2) is 78.4 Å². The number of amides is 4. The van der Waals surface area contributed by atoms with E-state index in [0.717, 1.165) is 25.9 Å².